The highest BCUT2D eigenvalue weighted by atomic mass is 32.2. The van der Waals surface area contributed by atoms with Gasteiger partial charge in [-0.3, -0.25) is 0 Å². The lowest BCUT2D eigenvalue weighted by Crippen LogP contribution is -2.27. The Hall–Kier alpha value is -1.52. The van der Waals surface area contributed by atoms with Crippen LogP contribution in [0.4, 0.5) is 8.78 Å². The van der Waals surface area contributed by atoms with Gasteiger partial charge in [0.15, 0.2) is 0 Å². The molecule has 0 atom stereocenters. The summed E-state index contributed by atoms with van der Waals surface area (Å²) in [6.07, 6.45) is -1.47. The van der Waals surface area contributed by atoms with E-state index in [0.717, 1.165) is 16.8 Å². The Kier molecular flexibility index (Phi) is 5.60. The Balaban J connectivity index is 2.61. The summed E-state index contributed by atoms with van der Waals surface area (Å²) in [5, 5.41) is 8.82. The molecule has 1 heterocycles. The van der Waals surface area contributed by atoms with Crippen LogP contribution >= 0.6 is 0 Å². The number of halogens is 2. The molecule has 0 bridgehead atoms. The number of sulfonamides is 1. The molecule has 1 aromatic heterocycles. The van der Waals surface area contributed by atoms with E-state index in [1.807, 2.05) is 0 Å². The van der Waals surface area contributed by atoms with E-state index in [9.17, 15) is 22.0 Å². The van der Waals surface area contributed by atoms with Crippen molar-refractivity contribution in [3.05, 3.63) is 18.0 Å². The molecule has 0 fully saturated rings. The molecule has 2 N–H and O–H groups in total. The average Bonchev–Trinajstić information content (AvgIpc) is 2.71. The highest BCUT2D eigenvalue weighted by molar-refractivity contribution is 7.89. The van der Waals surface area contributed by atoms with Gasteiger partial charge in [-0.25, -0.2) is 26.7 Å². The van der Waals surface area contributed by atoms with Gasteiger partial charge in [-0.2, -0.15) is 0 Å². The summed E-state index contributed by atoms with van der Waals surface area (Å²) in [7, 11) is -2.50. The number of carbonyl (C=O) groups is 1. The number of hydrogen-bond donors (Lipinski definition) is 2. The number of carboxylic acid groups (broad SMARTS) is 1. The zero-order chi connectivity index (χ0) is 15.3. The maximum atomic E-state index is 11.8. The molecule has 0 spiro atoms. The van der Waals surface area contributed by atoms with Crippen molar-refractivity contribution in [2.24, 2.45) is 7.05 Å². The lowest BCUT2D eigenvalue weighted by molar-refractivity contribution is 0.0199. The second-order valence-corrected chi connectivity index (χ2v) is 5.61. The fourth-order valence-electron chi connectivity index (χ4n) is 1.40. The van der Waals surface area contributed by atoms with Crippen molar-refractivity contribution < 1.29 is 31.8 Å². The van der Waals surface area contributed by atoms with Gasteiger partial charge in [-0.15, -0.1) is 0 Å². The van der Waals surface area contributed by atoms with E-state index >= 15 is 0 Å². The number of rotatable bonds is 8. The van der Waals surface area contributed by atoms with Crippen molar-refractivity contribution >= 4 is 16.0 Å². The van der Waals surface area contributed by atoms with Crippen LogP contribution in [0.5, 0.6) is 0 Å². The van der Waals surface area contributed by atoms with E-state index in [-0.39, 0.29) is 23.7 Å². The fourth-order valence-corrected chi connectivity index (χ4v) is 2.48. The van der Waals surface area contributed by atoms with Crippen LogP contribution in [0, 0.1) is 0 Å². The minimum absolute atomic E-state index is 0.181. The van der Waals surface area contributed by atoms with Crippen LogP contribution in [0.3, 0.4) is 0 Å². The molecule has 0 saturated carbocycles. The van der Waals surface area contributed by atoms with Crippen LogP contribution in [0.2, 0.25) is 0 Å². The standard InChI is InChI=1S/C10H14F2N2O5S/c1-14-5-7(4-8(14)10(15)16)20(17,18)13-2-3-19-6-9(11)12/h4-5,9,13H,2-3,6H2,1H3,(H,15,16). The monoisotopic (exact) mass is 312 g/mol. The van der Waals surface area contributed by atoms with Gasteiger partial charge in [0.1, 0.15) is 17.2 Å². The molecule has 0 aliphatic carbocycles. The average molecular weight is 312 g/mol. The number of aryl methyl sites for hydroxylation is 1. The van der Waals surface area contributed by atoms with Gasteiger partial charge >= 0.3 is 5.97 Å². The summed E-state index contributed by atoms with van der Waals surface area (Å²) in [6.45, 7) is -1.16. The van der Waals surface area contributed by atoms with Gasteiger partial charge < -0.3 is 14.4 Å². The van der Waals surface area contributed by atoms with Crippen LogP contribution in [-0.4, -0.2) is 50.2 Å². The summed E-state index contributed by atoms with van der Waals surface area (Å²) in [4.78, 5) is 10.6. The molecule has 0 radical (unpaired) electrons. The lowest BCUT2D eigenvalue weighted by atomic mass is 10.4. The first-order valence-electron chi connectivity index (χ1n) is 5.49. The maximum absolute atomic E-state index is 11.8. The highest BCUT2D eigenvalue weighted by Crippen LogP contribution is 2.13. The Morgan fingerprint density at radius 3 is 2.70 bits per heavy atom. The molecule has 0 unspecified atom stereocenters. The molecule has 0 aliphatic heterocycles. The topological polar surface area (TPSA) is 97.6 Å². The Morgan fingerprint density at radius 1 is 1.55 bits per heavy atom. The fraction of sp³-hybridized carbons (Fsp3) is 0.500. The molecular formula is C10H14F2N2O5S. The number of hydrogen-bond acceptors (Lipinski definition) is 4. The lowest BCUT2D eigenvalue weighted by Gasteiger charge is -2.05. The Morgan fingerprint density at radius 2 is 2.20 bits per heavy atom. The first-order valence-corrected chi connectivity index (χ1v) is 6.97. The number of alkyl halides is 2. The van der Waals surface area contributed by atoms with E-state index in [1.165, 1.54) is 7.05 Å². The van der Waals surface area contributed by atoms with Crippen LogP contribution in [0.1, 0.15) is 10.5 Å². The number of ether oxygens (including phenoxy) is 1. The molecule has 10 heteroatoms. The molecule has 1 rings (SSSR count). The van der Waals surface area contributed by atoms with Crippen LogP contribution in [0.25, 0.3) is 0 Å². The number of carboxylic acids is 1. The third-order valence-electron chi connectivity index (χ3n) is 2.29. The Bertz CT molecular complexity index is 570. The van der Waals surface area contributed by atoms with Crippen molar-refractivity contribution in [3.8, 4) is 0 Å². The smallest absolute Gasteiger partial charge is 0.352 e. The van der Waals surface area contributed by atoms with Crippen molar-refractivity contribution in [2.75, 3.05) is 19.8 Å². The SMILES string of the molecule is Cn1cc(S(=O)(=O)NCCOCC(F)F)cc1C(=O)O. The Labute approximate surface area is 114 Å². The summed E-state index contributed by atoms with van der Waals surface area (Å²) in [5.74, 6) is -1.26. The summed E-state index contributed by atoms with van der Waals surface area (Å²) < 4.78 is 54.9. The minimum atomic E-state index is -3.90. The van der Waals surface area contributed by atoms with E-state index in [1.54, 1.807) is 0 Å². The summed E-state index contributed by atoms with van der Waals surface area (Å²) in [5.41, 5.74) is -0.181. The second kappa shape index (κ2) is 6.77. The number of aromatic nitrogens is 1. The number of nitrogens with one attached hydrogen (secondary N) is 1. The zero-order valence-electron chi connectivity index (χ0n) is 10.5. The third-order valence-corrected chi connectivity index (χ3v) is 3.72. The van der Waals surface area contributed by atoms with Gasteiger partial charge in [0.2, 0.25) is 10.0 Å². The first kappa shape index (κ1) is 16.5. The minimum Gasteiger partial charge on any atom is -0.477 e. The van der Waals surface area contributed by atoms with Crippen LogP contribution < -0.4 is 4.72 Å². The number of aromatic carboxylic acids is 1. The molecular weight excluding hydrogens is 298 g/mol. The predicted molar refractivity (Wildman–Crippen MR) is 64.4 cm³/mol. The van der Waals surface area contributed by atoms with E-state index in [4.69, 9.17) is 5.11 Å². The van der Waals surface area contributed by atoms with Gasteiger partial charge in [0.25, 0.3) is 6.43 Å². The quantitative estimate of drug-likeness (QED) is 0.672. The first-order chi connectivity index (χ1) is 9.24. The van der Waals surface area contributed by atoms with Gasteiger partial charge in [-0.05, 0) is 6.07 Å². The van der Waals surface area contributed by atoms with Gasteiger partial charge in [0, 0.05) is 19.8 Å². The molecule has 114 valence electrons. The van der Waals surface area contributed by atoms with Gasteiger partial charge in [0.05, 0.1) is 6.61 Å². The molecule has 7 nitrogen and oxygen atoms in total. The second-order valence-electron chi connectivity index (χ2n) is 3.84. The third kappa shape index (κ3) is 4.54. The highest BCUT2D eigenvalue weighted by Gasteiger charge is 2.19. The van der Waals surface area contributed by atoms with Crippen molar-refractivity contribution in [3.63, 3.8) is 0 Å². The van der Waals surface area contributed by atoms with Crippen molar-refractivity contribution in [1.29, 1.82) is 0 Å². The van der Waals surface area contributed by atoms with Crippen LogP contribution in [0.15, 0.2) is 17.2 Å². The molecule has 20 heavy (non-hydrogen) atoms. The predicted octanol–water partition coefficient (Wildman–Crippen LogP) is 0.283. The summed E-state index contributed by atoms with van der Waals surface area (Å²) >= 11 is 0. The van der Waals surface area contributed by atoms with E-state index in [0.29, 0.717) is 0 Å². The molecule has 0 saturated heterocycles. The van der Waals surface area contributed by atoms with Crippen LogP contribution in [-0.2, 0) is 21.8 Å². The molecule has 0 aromatic carbocycles. The largest absolute Gasteiger partial charge is 0.477 e. The maximum Gasteiger partial charge on any atom is 0.352 e. The van der Waals surface area contributed by atoms with Crippen molar-refractivity contribution in [1.82, 2.24) is 9.29 Å². The van der Waals surface area contributed by atoms with Crippen molar-refractivity contribution in [2.45, 2.75) is 11.3 Å². The van der Waals surface area contributed by atoms with E-state index < -0.39 is 29.0 Å². The van der Waals surface area contributed by atoms with Gasteiger partial charge in [-0.1, -0.05) is 0 Å². The molecule has 0 amide bonds. The van der Waals surface area contributed by atoms with E-state index in [2.05, 4.69) is 9.46 Å². The number of nitrogens with zero attached hydrogens (tertiary/aromatic N) is 1. The zero-order valence-corrected chi connectivity index (χ0v) is 11.4. The normalized spacial score (nSPS) is 12.0. The molecule has 0 aliphatic rings. The summed E-state index contributed by atoms with van der Waals surface area (Å²) in [6, 6.07) is 1.00. The molecule has 1 aromatic rings.